The number of amidine groups is 1. The highest BCUT2D eigenvalue weighted by atomic mass is 79.9. The van der Waals surface area contributed by atoms with E-state index in [2.05, 4.69) is 66.3 Å². The molecule has 2 rings (SSSR count). The van der Waals surface area contributed by atoms with Crippen LogP contribution in [-0.2, 0) is 0 Å². The molecule has 0 aromatic heterocycles. The second-order valence-electron chi connectivity index (χ2n) is 5.06. The molecule has 19 heavy (non-hydrogen) atoms. The highest BCUT2D eigenvalue weighted by molar-refractivity contribution is 9.10. The Hall–Kier alpha value is -0.480. The van der Waals surface area contributed by atoms with Crippen molar-refractivity contribution in [3.8, 4) is 0 Å². The fourth-order valence-corrected chi connectivity index (χ4v) is 3.88. The molecule has 4 heteroatoms. The van der Waals surface area contributed by atoms with Gasteiger partial charge in [-0.1, -0.05) is 53.7 Å². The molecule has 2 nitrogen and oxygen atoms in total. The van der Waals surface area contributed by atoms with Crippen LogP contribution < -0.4 is 5.32 Å². The van der Waals surface area contributed by atoms with Crippen molar-refractivity contribution in [1.29, 1.82) is 0 Å². The summed E-state index contributed by atoms with van der Waals surface area (Å²) in [5.41, 5.74) is 1.51. The van der Waals surface area contributed by atoms with Crippen LogP contribution in [0.5, 0.6) is 0 Å². The lowest BCUT2D eigenvalue weighted by Gasteiger charge is -2.25. The van der Waals surface area contributed by atoms with Crippen molar-refractivity contribution in [2.45, 2.75) is 45.2 Å². The maximum atomic E-state index is 4.82. The molecule has 1 aliphatic rings. The van der Waals surface area contributed by atoms with Crippen molar-refractivity contribution in [1.82, 2.24) is 5.32 Å². The molecule has 1 saturated heterocycles. The lowest BCUT2D eigenvalue weighted by Crippen LogP contribution is -2.42. The SMILES string of the molecule is CCC1(CC)CSC(=NC(C)c2ccc(Br)cc2)N1. The van der Waals surface area contributed by atoms with Gasteiger partial charge in [0.2, 0.25) is 0 Å². The van der Waals surface area contributed by atoms with Gasteiger partial charge < -0.3 is 5.32 Å². The van der Waals surface area contributed by atoms with Crippen LogP contribution in [0.2, 0.25) is 0 Å². The van der Waals surface area contributed by atoms with Crippen molar-refractivity contribution in [2.75, 3.05) is 5.75 Å². The summed E-state index contributed by atoms with van der Waals surface area (Å²) in [6, 6.07) is 8.61. The van der Waals surface area contributed by atoms with Crippen LogP contribution in [0.3, 0.4) is 0 Å². The Kier molecular flexibility index (Phi) is 4.96. The first-order chi connectivity index (χ1) is 9.08. The summed E-state index contributed by atoms with van der Waals surface area (Å²) >= 11 is 5.32. The fraction of sp³-hybridized carbons (Fsp3) is 0.533. The third kappa shape index (κ3) is 3.54. The zero-order valence-corrected chi connectivity index (χ0v) is 14.1. The minimum atomic E-state index is 0.201. The largest absolute Gasteiger partial charge is 0.359 e. The highest BCUT2D eigenvalue weighted by Gasteiger charge is 2.33. The van der Waals surface area contributed by atoms with Crippen molar-refractivity contribution >= 4 is 32.9 Å². The van der Waals surface area contributed by atoms with E-state index in [1.165, 1.54) is 5.56 Å². The Morgan fingerprint density at radius 1 is 1.32 bits per heavy atom. The monoisotopic (exact) mass is 340 g/mol. The van der Waals surface area contributed by atoms with Crippen LogP contribution in [0.1, 0.15) is 45.2 Å². The molecule has 104 valence electrons. The number of aliphatic imine (C=N–C) groups is 1. The molecule has 0 aliphatic carbocycles. The zero-order chi connectivity index (χ0) is 13.9. The van der Waals surface area contributed by atoms with Crippen LogP contribution in [0.15, 0.2) is 33.7 Å². The maximum absolute atomic E-state index is 4.82. The topological polar surface area (TPSA) is 24.4 Å². The summed E-state index contributed by atoms with van der Waals surface area (Å²) in [5, 5.41) is 4.72. The van der Waals surface area contributed by atoms with Gasteiger partial charge >= 0.3 is 0 Å². The normalized spacial score (nSPS) is 21.4. The standard InChI is InChI=1S/C15H21BrN2S/c1-4-15(5-2)10-19-14(18-15)17-11(3)12-6-8-13(16)9-7-12/h6-9,11H,4-5,10H2,1-3H3,(H,17,18). The molecule has 1 N–H and O–H groups in total. The van der Waals surface area contributed by atoms with Crippen LogP contribution in [0, 0.1) is 0 Å². The number of hydrogen-bond donors (Lipinski definition) is 1. The lowest BCUT2D eigenvalue weighted by molar-refractivity contribution is 0.407. The van der Waals surface area contributed by atoms with Crippen LogP contribution in [0.25, 0.3) is 0 Å². The minimum Gasteiger partial charge on any atom is -0.359 e. The van der Waals surface area contributed by atoms with E-state index < -0.39 is 0 Å². The van der Waals surface area contributed by atoms with E-state index in [9.17, 15) is 0 Å². The van der Waals surface area contributed by atoms with Crippen molar-refractivity contribution in [3.05, 3.63) is 34.3 Å². The maximum Gasteiger partial charge on any atom is 0.157 e. The number of thioether (sulfide) groups is 1. The van der Waals surface area contributed by atoms with E-state index in [0.29, 0.717) is 0 Å². The quantitative estimate of drug-likeness (QED) is 0.854. The van der Waals surface area contributed by atoms with Gasteiger partial charge in [-0.2, -0.15) is 0 Å². The molecular weight excluding hydrogens is 320 g/mol. The van der Waals surface area contributed by atoms with Crippen molar-refractivity contribution in [2.24, 2.45) is 4.99 Å². The summed E-state index contributed by atoms with van der Waals surface area (Å²) < 4.78 is 1.11. The Morgan fingerprint density at radius 2 is 1.95 bits per heavy atom. The molecule has 1 atom stereocenters. The predicted octanol–water partition coefficient (Wildman–Crippen LogP) is 4.76. The van der Waals surface area contributed by atoms with Gasteiger partial charge in [0.1, 0.15) is 0 Å². The summed E-state index contributed by atoms with van der Waals surface area (Å²) in [6.07, 6.45) is 2.31. The molecule has 0 bridgehead atoms. The van der Waals surface area contributed by atoms with Crippen LogP contribution in [-0.4, -0.2) is 16.5 Å². The third-order valence-corrected chi connectivity index (χ3v) is 5.58. The van der Waals surface area contributed by atoms with E-state index >= 15 is 0 Å². The molecule has 0 amide bonds. The number of nitrogens with one attached hydrogen (secondary N) is 1. The van der Waals surface area contributed by atoms with E-state index in [-0.39, 0.29) is 11.6 Å². The van der Waals surface area contributed by atoms with E-state index in [4.69, 9.17) is 4.99 Å². The molecule has 1 aromatic carbocycles. The molecule has 0 spiro atoms. The Labute approximate surface area is 128 Å². The van der Waals surface area contributed by atoms with Gasteiger partial charge in [0.05, 0.1) is 6.04 Å². The summed E-state index contributed by atoms with van der Waals surface area (Å²) in [4.78, 5) is 4.82. The molecule has 0 saturated carbocycles. The summed E-state index contributed by atoms with van der Waals surface area (Å²) in [6.45, 7) is 6.65. The van der Waals surface area contributed by atoms with Gasteiger partial charge in [0.25, 0.3) is 0 Å². The molecule has 1 heterocycles. The zero-order valence-electron chi connectivity index (χ0n) is 11.7. The first-order valence-electron chi connectivity index (χ1n) is 6.83. The Morgan fingerprint density at radius 3 is 2.47 bits per heavy atom. The molecule has 0 radical (unpaired) electrons. The average molecular weight is 341 g/mol. The molecule has 1 fully saturated rings. The smallest absolute Gasteiger partial charge is 0.157 e. The second-order valence-corrected chi connectivity index (χ2v) is 6.94. The van der Waals surface area contributed by atoms with E-state index in [1.54, 1.807) is 0 Å². The summed E-state index contributed by atoms with van der Waals surface area (Å²) in [5.74, 6) is 1.13. The van der Waals surface area contributed by atoms with E-state index in [1.807, 2.05) is 11.8 Å². The first-order valence-corrected chi connectivity index (χ1v) is 8.60. The minimum absolute atomic E-state index is 0.201. The van der Waals surface area contributed by atoms with Gasteiger partial charge in [0.15, 0.2) is 5.17 Å². The fourth-order valence-electron chi connectivity index (χ4n) is 2.20. The average Bonchev–Trinajstić information content (AvgIpc) is 2.83. The third-order valence-electron chi connectivity index (χ3n) is 3.87. The second kappa shape index (κ2) is 6.31. The van der Waals surface area contributed by atoms with Gasteiger partial charge in [-0.3, -0.25) is 4.99 Å². The Bertz CT molecular complexity index is 452. The van der Waals surface area contributed by atoms with Crippen LogP contribution in [0.4, 0.5) is 0 Å². The van der Waals surface area contributed by atoms with Gasteiger partial charge in [-0.25, -0.2) is 0 Å². The number of halogens is 1. The highest BCUT2D eigenvalue weighted by Crippen LogP contribution is 2.30. The molecule has 1 aromatic rings. The van der Waals surface area contributed by atoms with E-state index in [0.717, 1.165) is 28.2 Å². The van der Waals surface area contributed by atoms with Gasteiger partial charge in [-0.15, -0.1) is 0 Å². The number of rotatable bonds is 4. The first kappa shape index (κ1) is 14.9. The van der Waals surface area contributed by atoms with Gasteiger partial charge in [0, 0.05) is 15.8 Å². The van der Waals surface area contributed by atoms with Gasteiger partial charge in [-0.05, 0) is 37.5 Å². The lowest BCUT2D eigenvalue weighted by atomic mass is 9.96. The van der Waals surface area contributed by atoms with Crippen LogP contribution >= 0.6 is 27.7 Å². The molecular formula is C15H21BrN2S. The number of benzene rings is 1. The van der Waals surface area contributed by atoms with Crippen molar-refractivity contribution in [3.63, 3.8) is 0 Å². The number of hydrogen-bond acceptors (Lipinski definition) is 2. The summed E-state index contributed by atoms with van der Waals surface area (Å²) in [7, 11) is 0. The Balaban J connectivity index is 2.08. The molecule has 1 aliphatic heterocycles. The van der Waals surface area contributed by atoms with Crippen molar-refractivity contribution < 1.29 is 0 Å². The molecule has 1 unspecified atom stereocenters. The number of nitrogens with zero attached hydrogens (tertiary/aromatic N) is 1. The predicted molar refractivity (Wildman–Crippen MR) is 88.9 cm³/mol.